The predicted molar refractivity (Wildman–Crippen MR) is 86.9 cm³/mol. The predicted octanol–water partition coefficient (Wildman–Crippen LogP) is 1.23. The molecule has 22 heavy (non-hydrogen) atoms. The van der Waals surface area contributed by atoms with Gasteiger partial charge in [-0.15, -0.1) is 0 Å². The molecule has 0 aromatic heterocycles. The quantitative estimate of drug-likeness (QED) is 0.830. The minimum absolute atomic E-state index is 0.325. The molecule has 0 aromatic rings. The lowest BCUT2D eigenvalue weighted by atomic mass is 10.1. The Labute approximate surface area is 134 Å². The number of carbonyl (C=O) groups is 1. The number of hydrogen-bond donors (Lipinski definition) is 1. The molecular formula is C17H31N3O2. The van der Waals surface area contributed by atoms with Crippen molar-refractivity contribution in [2.75, 3.05) is 45.8 Å². The Morgan fingerprint density at radius 1 is 0.955 bits per heavy atom. The minimum Gasteiger partial charge on any atom is -0.375 e. The van der Waals surface area contributed by atoms with E-state index in [1.807, 2.05) is 4.90 Å². The molecule has 3 rings (SSSR count). The summed E-state index contributed by atoms with van der Waals surface area (Å²) in [7, 11) is 0. The van der Waals surface area contributed by atoms with Crippen molar-refractivity contribution in [1.29, 1.82) is 0 Å². The van der Waals surface area contributed by atoms with Crippen LogP contribution in [0.4, 0.5) is 0 Å². The molecule has 2 heterocycles. The van der Waals surface area contributed by atoms with Crippen LogP contribution in [0, 0.1) is 0 Å². The van der Waals surface area contributed by atoms with Crippen LogP contribution in [0.1, 0.15) is 44.9 Å². The van der Waals surface area contributed by atoms with Crippen molar-refractivity contribution in [3.8, 4) is 0 Å². The van der Waals surface area contributed by atoms with E-state index in [2.05, 4.69) is 10.2 Å². The smallest absolute Gasteiger partial charge is 0.223 e. The number of nitrogens with zero attached hydrogens (tertiary/aromatic N) is 2. The number of piperazine rings is 1. The van der Waals surface area contributed by atoms with Crippen LogP contribution >= 0.6 is 0 Å². The molecular weight excluding hydrogens is 278 g/mol. The molecule has 3 fully saturated rings. The number of likely N-dealkylation sites (tertiary alicyclic amines) is 1. The normalized spacial score (nSPS) is 25.7. The van der Waals surface area contributed by atoms with Crippen LogP contribution in [-0.2, 0) is 9.53 Å². The molecule has 0 spiro atoms. The highest BCUT2D eigenvalue weighted by Crippen LogP contribution is 2.25. The first-order chi connectivity index (χ1) is 10.8. The number of rotatable bonds is 5. The Hall–Kier alpha value is -0.650. The standard InChI is InChI=1S/C17H31N3O2/c21-17(20-13-8-18-9-14-20)7-12-19-10-5-16(6-11-19)22-15-3-1-2-4-15/h15-16,18H,1-14H2. The van der Waals surface area contributed by atoms with E-state index in [0.29, 0.717) is 24.5 Å². The van der Waals surface area contributed by atoms with Crippen LogP contribution in [0.15, 0.2) is 0 Å². The summed E-state index contributed by atoms with van der Waals surface area (Å²) >= 11 is 0. The van der Waals surface area contributed by atoms with Gasteiger partial charge in [-0.05, 0) is 25.7 Å². The fraction of sp³-hybridized carbons (Fsp3) is 0.941. The lowest BCUT2D eigenvalue weighted by molar-refractivity contribution is -0.132. The Bertz CT molecular complexity index is 344. The second-order valence-electron chi connectivity index (χ2n) is 6.96. The van der Waals surface area contributed by atoms with Crippen LogP contribution in [0.2, 0.25) is 0 Å². The molecule has 0 bridgehead atoms. The van der Waals surface area contributed by atoms with Gasteiger partial charge in [-0.3, -0.25) is 4.79 Å². The molecule has 1 aliphatic carbocycles. The van der Waals surface area contributed by atoms with E-state index in [0.717, 1.165) is 58.7 Å². The van der Waals surface area contributed by atoms with Crippen molar-refractivity contribution >= 4 is 5.91 Å². The maximum Gasteiger partial charge on any atom is 0.223 e. The van der Waals surface area contributed by atoms with Crippen LogP contribution in [0.25, 0.3) is 0 Å². The molecule has 5 nitrogen and oxygen atoms in total. The minimum atomic E-state index is 0.325. The van der Waals surface area contributed by atoms with Crippen LogP contribution in [0.5, 0.6) is 0 Å². The summed E-state index contributed by atoms with van der Waals surface area (Å²) in [6.07, 6.45) is 9.16. The summed E-state index contributed by atoms with van der Waals surface area (Å²) in [5, 5.41) is 3.29. The largest absolute Gasteiger partial charge is 0.375 e. The van der Waals surface area contributed by atoms with Crippen molar-refractivity contribution in [2.45, 2.75) is 57.2 Å². The van der Waals surface area contributed by atoms with E-state index in [9.17, 15) is 4.79 Å². The molecule has 1 N–H and O–H groups in total. The molecule has 1 amide bonds. The number of hydrogen-bond acceptors (Lipinski definition) is 4. The first-order valence-electron chi connectivity index (χ1n) is 9.17. The zero-order valence-corrected chi connectivity index (χ0v) is 13.8. The number of ether oxygens (including phenoxy) is 1. The summed E-state index contributed by atoms with van der Waals surface area (Å²) in [5.74, 6) is 0.325. The highest BCUT2D eigenvalue weighted by molar-refractivity contribution is 5.76. The summed E-state index contributed by atoms with van der Waals surface area (Å²) < 4.78 is 6.21. The second-order valence-corrected chi connectivity index (χ2v) is 6.96. The van der Waals surface area contributed by atoms with E-state index < -0.39 is 0 Å². The van der Waals surface area contributed by atoms with Gasteiger partial charge < -0.3 is 19.9 Å². The lowest BCUT2D eigenvalue weighted by Gasteiger charge is -2.34. The van der Waals surface area contributed by atoms with E-state index in [1.54, 1.807) is 0 Å². The average Bonchev–Trinajstić information content (AvgIpc) is 3.08. The van der Waals surface area contributed by atoms with Crippen molar-refractivity contribution in [3.05, 3.63) is 0 Å². The van der Waals surface area contributed by atoms with Crippen molar-refractivity contribution in [3.63, 3.8) is 0 Å². The van der Waals surface area contributed by atoms with E-state index in [-0.39, 0.29) is 0 Å². The van der Waals surface area contributed by atoms with Crippen molar-refractivity contribution in [2.24, 2.45) is 0 Å². The Balaban J connectivity index is 1.30. The highest BCUT2D eigenvalue weighted by atomic mass is 16.5. The molecule has 5 heteroatoms. The van der Waals surface area contributed by atoms with Gasteiger partial charge in [0.2, 0.25) is 5.91 Å². The van der Waals surface area contributed by atoms with Gasteiger partial charge in [0.15, 0.2) is 0 Å². The first kappa shape index (κ1) is 16.2. The number of nitrogens with one attached hydrogen (secondary N) is 1. The molecule has 126 valence electrons. The van der Waals surface area contributed by atoms with Gasteiger partial charge in [-0.25, -0.2) is 0 Å². The topological polar surface area (TPSA) is 44.8 Å². The Morgan fingerprint density at radius 3 is 2.27 bits per heavy atom. The highest BCUT2D eigenvalue weighted by Gasteiger charge is 2.25. The molecule has 3 aliphatic rings. The van der Waals surface area contributed by atoms with E-state index >= 15 is 0 Å². The lowest BCUT2D eigenvalue weighted by Crippen LogP contribution is -2.47. The summed E-state index contributed by atoms with van der Waals surface area (Å²) in [4.78, 5) is 16.6. The fourth-order valence-corrected chi connectivity index (χ4v) is 3.89. The zero-order chi connectivity index (χ0) is 15.2. The maximum absolute atomic E-state index is 12.2. The van der Waals surface area contributed by atoms with Crippen LogP contribution in [-0.4, -0.2) is 73.7 Å². The SMILES string of the molecule is O=C(CCN1CCC(OC2CCCC2)CC1)N1CCNCC1. The van der Waals surface area contributed by atoms with Crippen LogP contribution in [0.3, 0.4) is 0 Å². The van der Waals surface area contributed by atoms with Gasteiger partial charge in [0.1, 0.15) is 0 Å². The molecule has 1 saturated carbocycles. The number of carbonyl (C=O) groups excluding carboxylic acids is 1. The summed E-state index contributed by atoms with van der Waals surface area (Å²) in [6, 6.07) is 0. The molecule has 0 unspecified atom stereocenters. The fourth-order valence-electron chi connectivity index (χ4n) is 3.89. The number of amides is 1. The number of piperidine rings is 1. The third kappa shape index (κ3) is 4.67. The second kappa shape index (κ2) is 8.27. The van der Waals surface area contributed by atoms with Crippen molar-refractivity contribution in [1.82, 2.24) is 15.1 Å². The van der Waals surface area contributed by atoms with Crippen LogP contribution < -0.4 is 5.32 Å². The third-order valence-electron chi connectivity index (χ3n) is 5.33. The van der Waals surface area contributed by atoms with E-state index in [1.165, 1.54) is 25.7 Å². The summed E-state index contributed by atoms with van der Waals surface area (Å²) in [6.45, 7) is 6.72. The molecule has 0 aromatic carbocycles. The van der Waals surface area contributed by atoms with Gasteiger partial charge in [-0.2, -0.15) is 0 Å². The monoisotopic (exact) mass is 309 g/mol. The van der Waals surface area contributed by atoms with Gasteiger partial charge in [0, 0.05) is 52.2 Å². The van der Waals surface area contributed by atoms with Gasteiger partial charge in [-0.1, -0.05) is 12.8 Å². The Morgan fingerprint density at radius 2 is 1.59 bits per heavy atom. The molecule has 0 radical (unpaired) electrons. The summed E-state index contributed by atoms with van der Waals surface area (Å²) in [5.41, 5.74) is 0. The van der Waals surface area contributed by atoms with Gasteiger partial charge in [0.25, 0.3) is 0 Å². The molecule has 2 aliphatic heterocycles. The molecule has 2 saturated heterocycles. The Kier molecular flexibility index (Phi) is 6.10. The zero-order valence-electron chi connectivity index (χ0n) is 13.8. The maximum atomic E-state index is 12.2. The van der Waals surface area contributed by atoms with Crippen molar-refractivity contribution < 1.29 is 9.53 Å². The van der Waals surface area contributed by atoms with Gasteiger partial charge in [0.05, 0.1) is 12.2 Å². The molecule has 0 atom stereocenters. The van der Waals surface area contributed by atoms with Gasteiger partial charge >= 0.3 is 0 Å². The third-order valence-corrected chi connectivity index (χ3v) is 5.33. The van der Waals surface area contributed by atoms with E-state index in [4.69, 9.17) is 4.74 Å². The average molecular weight is 309 g/mol. The first-order valence-corrected chi connectivity index (χ1v) is 9.17.